The zero-order valence-corrected chi connectivity index (χ0v) is 11.7. The predicted molar refractivity (Wildman–Crippen MR) is 70.1 cm³/mol. The van der Waals surface area contributed by atoms with E-state index in [2.05, 4.69) is 5.32 Å². The smallest absolute Gasteiger partial charge is 0.223 e. The van der Waals surface area contributed by atoms with Crippen molar-refractivity contribution in [3.63, 3.8) is 0 Å². The lowest BCUT2D eigenvalue weighted by molar-refractivity contribution is -0.131. The zero-order valence-electron chi connectivity index (χ0n) is 10.9. The van der Waals surface area contributed by atoms with Gasteiger partial charge in [-0.05, 0) is 32.2 Å². The Morgan fingerprint density at radius 3 is 2.56 bits per heavy atom. The van der Waals surface area contributed by atoms with Crippen LogP contribution >= 0.6 is 0 Å². The maximum atomic E-state index is 12.1. The van der Waals surface area contributed by atoms with Crippen LogP contribution in [0.4, 0.5) is 0 Å². The van der Waals surface area contributed by atoms with E-state index in [1.54, 1.807) is 0 Å². The summed E-state index contributed by atoms with van der Waals surface area (Å²) in [6.07, 6.45) is 5.72. The zero-order chi connectivity index (χ0) is 13.2. The summed E-state index contributed by atoms with van der Waals surface area (Å²) in [6, 6.07) is 0.757. The highest BCUT2D eigenvalue weighted by Gasteiger charge is 2.34. The van der Waals surface area contributed by atoms with Crippen LogP contribution in [-0.4, -0.2) is 56.4 Å². The number of amides is 1. The van der Waals surface area contributed by atoms with Gasteiger partial charge in [-0.15, -0.1) is 0 Å². The SMILES string of the molecule is CS(=O)(=O)CCC(=O)N(CC1CCCN1)C1CC1. The molecule has 1 unspecified atom stereocenters. The Morgan fingerprint density at radius 1 is 1.33 bits per heavy atom. The minimum atomic E-state index is -3.05. The first kappa shape index (κ1) is 13.8. The Morgan fingerprint density at radius 2 is 2.06 bits per heavy atom. The molecule has 2 fully saturated rings. The van der Waals surface area contributed by atoms with E-state index >= 15 is 0 Å². The third kappa shape index (κ3) is 4.24. The summed E-state index contributed by atoms with van der Waals surface area (Å²) in [4.78, 5) is 14.0. The van der Waals surface area contributed by atoms with Crippen molar-refractivity contribution >= 4 is 15.7 Å². The largest absolute Gasteiger partial charge is 0.338 e. The number of sulfone groups is 1. The molecule has 104 valence electrons. The van der Waals surface area contributed by atoms with Crippen molar-refractivity contribution in [3.8, 4) is 0 Å². The molecule has 1 aliphatic carbocycles. The molecule has 0 spiro atoms. The molecule has 5 nitrogen and oxygen atoms in total. The van der Waals surface area contributed by atoms with Gasteiger partial charge in [-0.25, -0.2) is 8.42 Å². The van der Waals surface area contributed by atoms with Gasteiger partial charge in [-0.2, -0.15) is 0 Å². The lowest BCUT2D eigenvalue weighted by Crippen LogP contribution is -2.42. The second-order valence-electron chi connectivity index (χ2n) is 5.45. The van der Waals surface area contributed by atoms with Crippen LogP contribution in [0.3, 0.4) is 0 Å². The summed E-state index contributed by atoms with van der Waals surface area (Å²) in [5, 5.41) is 3.38. The maximum absolute atomic E-state index is 12.1. The Balaban J connectivity index is 1.86. The highest BCUT2D eigenvalue weighted by molar-refractivity contribution is 7.90. The van der Waals surface area contributed by atoms with Crippen molar-refractivity contribution in [1.29, 1.82) is 0 Å². The summed E-state index contributed by atoms with van der Waals surface area (Å²) in [5.41, 5.74) is 0. The molecule has 1 atom stereocenters. The first-order chi connectivity index (χ1) is 8.46. The van der Waals surface area contributed by atoms with Crippen LogP contribution in [0.15, 0.2) is 0 Å². The van der Waals surface area contributed by atoms with Crippen LogP contribution in [0.1, 0.15) is 32.1 Å². The molecule has 2 rings (SSSR count). The van der Waals surface area contributed by atoms with E-state index in [-0.39, 0.29) is 18.1 Å². The highest BCUT2D eigenvalue weighted by Crippen LogP contribution is 2.28. The minimum Gasteiger partial charge on any atom is -0.338 e. The summed E-state index contributed by atoms with van der Waals surface area (Å²) in [5.74, 6) is -0.0377. The van der Waals surface area contributed by atoms with Gasteiger partial charge in [0, 0.05) is 31.3 Å². The monoisotopic (exact) mass is 274 g/mol. The quantitative estimate of drug-likeness (QED) is 0.749. The molecule has 1 aliphatic heterocycles. The second-order valence-corrected chi connectivity index (χ2v) is 7.71. The van der Waals surface area contributed by atoms with Gasteiger partial charge in [0.2, 0.25) is 5.91 Å². The van der Waals surface area contributed by atoms with Crippen molar-refractivity contribution < 1.29 is 13.2 Å². The predicted octanol–water partition coefficient (Wildman–Crippen LogP) is 0.164. The number of nitrogens with zero attached hydrogens (tertiary/aromatic N) is 1. The first-order valence-electron chi connectivity index (χ1n) is 6.66. The number of carbonyl (C=O) groups excluding carboxylic acids is 1. The van der Waals surface area contributed by atoms with Crippen LogP contribution in [-0.2, 0) is 14.6 Å². The fraction of sp³-hybridized carbons (Fsp3) is 0.917. The molecule has 0 radical (unpaired) electrons. The molecule has 0 aromatic carbocycles. The molecule has 0 bridgehead atoms. The van der Waals surface area contributed by atoms with Crippen molar-refractivity contribution in [3.05, 3.63) is 0 Å². The summed E-state index contributed by atoms with van der Waals surface area (Å²) >= 11 is 0. The average molecular weight is 274 g/mol. The Kier molecular flexibility index (Phi) is 4.27. The van der Waals surface area contributed by atoms with E-state index < -0.39 is 9.84 Å². The summed E-state index contributed by atoms with van der Waals surface area (Å²) < 4.78 is 22.2. The van der Waals surface area contributed by atoms with Gasteiger partial charge in [0.1, 0.15) is 9.84 Å². The van der Waals surface area contributed by atoms with Gasteiger partial charge in [-0.1, -0.05) is 0 Å². The van der Waals surface area contributed by atoms with Gasteiger partial charge >= 0.3 is 0 Å². The third-order valence-electron chi connectivity index (χ3n) is 3.57. The molecule has 18 heavy (non-hydrogen) atoms. The van der Waals surface area contributed by atoms with E-state index in [9.17, 15) is 13.2 Å². The fourth-order valence-corrected chi connectivity index (χ4v) is 2.95. The van der Waals surface area contributed by atoms with Crippen LogP contribution in [0, 0.1) is 0 Å². The highest BCUT2D eigenvalue weighted by atomic mass is 32.2. The molecular formula is C12H22N2O3S. The van der Waals surface area contributed by atoms with Crippen LogP contribution in [0.2, 0.25) is 0 Å². The second kappa shape index (κ2) is 5.57. The van der Waals surface area contributed by atoms with E-state index in [4.69, 9.17) is 0 Å². The number of carbonyl (C=O) groups is 1. The van der Waals surface area contributed by atoms with Crippen molar-refractivity contribution in [2.75, 3.05) is 25.1 Å². The Hall–Kier alpha value is -0.620. The lowest BCUT2D eigenvalue weighted by atomic mass is 10.2. The molecular weight excluding hydrogens is 252 g/mol. The van der Waals surface area contributed by atoms with Gasteiger partial charge in [0.15, 0.2) is 0 Å². The van der Waals surface area contributed by atoms with Gasteiger partial charge < -0.3 is 10.2 Å². The summed E-state index contributed by atoms with van der Waals surface area (Å²) in [7, 11) is -3.05. The van der Waals surface area contributed by atoms with E-state index in [1.807, 2.05) is 4.90 Å². The number of nitrogens with one attached hydrogen (secondary N) is 1. The first-order valence-corrected chi connectivity index (χ1v) is 8.72. The number of rotatable bonds is 6. The molecule has 0 aromatic heterocycles. The van der Waals surface area contributed by atoms with Crippen molar-refractivity contribution in [2.45, 2.75) is 44.2 Å². The molecule has 1 heterocycles. The standard InChI is InChI=1S/C12H22N2O3S/c1-18(16,17)8-6-12(15)14(11-4-5-11)9-10-3-2-7-13-10/h10-11,13H,2-9H2,1H3. The maximum Gasteiger partial charge on any atom is 0.223 e. The van der Waals surface area contributed by atoms with Crippen LogP contribution in [0.25, 0.3) is 0 Å². The molecule has 0 aromatic rings. The average Bonchev–Trinajstić information content (AvgIpc) is 2.99. The van der Waals surface area contributed by atoms with E-state index in [0.29, 0.717) is 12.1 Å². The number of hydrogen-bond acceptors (Lipinski definition) is 4. The molecule has 1 saturated carbocycles. The van der Waals surface area contributed by atoms with Gasteiger partial charge in [0.05, 0.1) is 5.75 Å². The summed E-state index contributed by atoms with van der Waals surface area (Å²) in [6.45, 7) is 1.77. The topological polar surface area (TPSA) is 66.5 Å². The minimum absolute atomic E-state index is 0.00312. The molecule has 1 amide bonds. The Labute approximate surface area is 109 Å². The normalized spacial score (nSPS) is 24.2. The van der Waals surface area contributed by atoms with Crippen molar-refractivity contribution in [2.24, 2.45) is 0 Å². The Bertz CT molecular complexity index is 398. The molecule has 6 heteroatoms. The third-order valence-corrected chi connectivity index (χ3v) is 4.52. The van der Waals surface area contributed by atoms with E-state index in [1.165, 1.54) is 12.7 Å². The molecule has 1 saturated heterocycles. The molecule has 2 aliphatic rings. The van der Waals surface area contributed by atoms with Crippen LogP contribution in [0.5, 0.6) is 0 Å². The lowest BCUT2D eigenvalue weighted by Gasteiger charge is -2.25. The van der Waals surface area contributed by atoms with Gasteiger partial charge in [-0.3, -0.25) is 4.79 Å². The van der Waals surface area contributed by atoms with Crippen molar-refractivity contribution in [1.82, 2.24) is 10.2 Å². The van der Waals surface area contributed by atoms with E-state index in [0.717, 1.165) is 32.4 Å². The van der Waals surface area contributed by atoms with Crippen LogP contribution < -0.4 is 5.32 Å². The fourth-order valence-electron chi connectivity index (χ4n) is 2.41. The number of hydrogen-bond donors (Lipinski definition) is 1. The molecule has 1 N–H and O–H groups in total. The van der Waals surface area contributed by atoms with Gasteiger partial charge in [0.25, 0.3) is 0 Å².